The molecule has 1 aliphatic carbocycles. The minimum absolute atomic E-state index is 0.00277. The van der Waals surface area contributed by atoms with Crippen molar-refractivity contribution in [1.82, 2.24) is 14.8 Å². The molecule has 2 aliphatic heterocycles. The van der Waals surface area contributed by atoms with Crippen molar-refractivity contribution in [3.63, 3.8) is 0 Å². The number of pyridine rings is 1. The molecular weight excluding hydrogens is 388 g/mol. The van der Waals surface area contributed by atoms with Crippen molar-refractivity contribution in [2.75, 3.05) is 13.1 Å². The molecule has 1 saturated carbocycles. The van der Waals surface area contributed by atoms with Gasteiger partial charge in [-0.1, -0.05) is 37.5 Å². The predicted octanol–water partition coefficient (Wildman–Crippen LogP) is 3.85. The summed E-state index contributed by atoms with van der Waals surface area (Å²) in [6, 6.07) is 13.6. The first kappa shape index (κ1) is 19.9. The fraction of sp³-hybridized carbons (Fsp3) is 0.480. The van der Waals surface area contributed by atoms with Gasteiger partial charge >= 0.3 is 6.03 Å². The maximum absolute atomic E-state index is 13.0. The van der Waals surface area contributed by atoms with Gasteiger partial charge in [-0.3, -0.25) is 4.79 Å². The van der Waals surface area contributed by atoms with Crippen LogP contribution in [-0.2, 0) is 6.54 Å². The van der Waals surface area contributed by atoms with Gasteiger partial charge < -0.3 is 14.8 Å². The Morgan fingerprint density at radius 1 is 1.00 bits per heavy atom. The van der Waals surface area contributed by atoms with Crippen molar-refractivity contribution in [3.8, 4) is 17.2 Å². The zero-order valence-electron chi connectivity index (χ0n) is 17.7. The molecule has 2 atom stereocenters. The number of hydrogen-bond donors (Lipinski definition) is 1. The van der Waals surface area contributed by atoms with Crippen LogP contribution in [-0.4, -0.2) is 34.6 Å². The van der Waals surface area contributed by atoms with Crippen LogP contribution in [0.25, 0.3) is 11.1 Å². The minimum atomic E-state index is 0.00277. The number of nitriles is 1. The number of rotatable bonds is 2. The molecule has 3 aliphatic rings. The first-order valence-electron chi connectivity index (χ1n) is 11.4. The highest BCUT2D eigenvalue weighted by molar-refractivity contribution is 5.76. The van der Waals surface area contributed by atoms with Crippen molar-refractivity contribution in [2.45, 2.75) is 57.0 Å². The van der Waals surface area contributed by atoms with E-state index in [1.807, 2.05) is 39.8 Å². The van der Waals surface area contributed by atoms with Crippen LogP contribution >= 0.6 is 0 Å². The monoisotopic (exact) mass is 416 g/mol. The molecule has 31 heavy (non-hydrogen) atoms. The number of amides is 2. The lowest BCUT2D eigenvalue weighted by atomic mass is 9.80. The Kier molecular flexibility index (Phi) is 5.27. The Morgan fingerprint density at radius 2 is 1.81 bits per heavy atom. The maximum atomic E-state index is 13.0. The van der Waals surface area contributed by atoms with Gasteiger partial charge in [0.25, 0.3) is 5.56 Å². The van der Waals surface area contributed by atoms with E-state index in [2.05, 4.69) is 11.4 Å². The van der Waals surface area contributed by atoms with Crippen LogP contribution < -0.4 is 10.9 Å². The van der Waals surface area contributed by atoms with E-state index in [9.17, 15) is 14.9 Å². The van der Waals surface area contributed by atoms with E-state index in [0.717, 1.165) is 36.1 Å². The molecule has 160 valence electrons. The largest absolute Gasteiger partial charge is 0.335 e. The van der Waals surface area contributed by atoms with Gasteiger partial charge in [-0.15, -0.1) is 0 Å². The third-order valence-electron chi connectivity index (χ3n) is 7.15. The standard InChI is InChI=1S/C25H28N4O2/c26-13-18-6-4-5-9-21(18)22-10-11-23(30)29-15-17-12-19(24(22)29)16-28(14-17)25(31)27-20-7-2-1-3-8-20/h4-6,9-11,17,19-20H,1-3,7-8,12,14-16H2,(H,27,31)/t17-,19+/m0/s1. The van der Waals surface area contributed by atoms with E-state index in [1.165, 1.54) is 19.3 Å². The van der Waals surface area contributed by atoms with Crippen molar-refractivity contribution in [2.24, 2.45) is 5.92 Å². The van der Waals surface area contributed by atoms with Crippen LogP contribution in [0.5, 0.6) is 0 Å². The molecule has 6 heteroatoms. The fourth-order valence-corrected chi connectivity index (χ4v) is 5.74. The topological polar surface area (TPSA) is 78.1 Å². The lowest BCUT2D eigenvalue weighted by Crippen LogP contribution is -2.53. The Morgan fingerprint density at radius 3 is 2.61 bits per heavy atom. The molecule has 1 aromatic heterocycles. The number of nitrogens with one attached hydrogen (secondary N) is 1. The summed E-state index contributed by atoms with van der Waals surface area (Å²) in [4.78, 5) is 27.7. The average Bonchev–Trinajstić information content (AvgIpc) is 2.80. The number of benzene rings is 1. The van der Waals surface area contributed by atoms with E-state index in [-0.39, 0.29) is 29.5 Å². The van der Waals surface area contributed by atoms with Gasteiger partial charge in [0.15, 0.2) is 0 Å². The second-order valence-electron chi connectivity index (χ2n) is 9.23. The highest BCUT2D eigenvalue weighted by Gasteiger charge is 2.38. The number of hydrogen-bond acceptors (Lipinski definition) is 3. The van der Waals surface area contributed by atoms with Crippen LogP contribution in [0.4, 0.5) is 4.79 Å². The van der Waals surface area contributed by atoms with E-state index in [4.69, 9.17) is 0 Å². The van der Waals surface area contributed by atoms with Gasteiger partial charge in [-0.25, -0.2) is 4.79 Å². The first-order valence-corrected chi connectivity index (χ1v) is 11.4. The molecule has 1 saturated heterocycles. The van der Waals surface area contributed by atoms with Crippen LogP contribution in [0, 0.1) is 17.2 Å². The molecule has 1 aromatic carbocycles. The summed E-state index contributed by atoms with van der Waals surface area (Å²) in [6.07, 6.45) is 6.75. The molecule has 0 spiro atoms. The van der Waals surface area contributed by atoms with E-state index >= 15 is 0 Å². The van der Waals surface area contributed by atoms with Gasteiger partial charge in [0, 0.05) is 54.5 Å². The van der Waals surface area contributed by atoms with Crippen LogP contribution in [0.15, 0.2) is 41.2 Å². The zero-order valence-corrected chi connectivity index (χ0v) is 17.7. The van der Waals surface area contributed by atoms with Gasteiger partial charge in [0.05, 0.1) is 11.6 Å². The fourth-order valence-electron chi connectivity index (χ4n) is 5.74. The van der Waals surface area contributed by atoms with Crippen molar-refractivity contribution in [3.05, 3.63) is 58.0 Å². The summed E-state index contributed by atoms with van der Waals surface area (Å²) < 4.78 is 1.89. The van der Waals surface area contributed by atoms with E-state index in [0.29, 0.717) is 25.2 Å². The smallest absolute Gasteiger partial charge is 0.317 e. The maximum Gasteiger partial charge on any atom is 0.317 e. The summed E-state index contributed by atoms with van der Waals surface area (Å²) in [5.41, 5.74) is 3.38. The van der Waals surface area contributed by atoms with Crippen molar-refractivity contribution < 1.29 is 4.79 Å². The predicted molar refractivity (Wildman–Crippen MR) is 119 cm³/mol. The van der Waals surface area contributed by atoms with Crippen molar-refractivity contribution >= 4 is 6.03 Å². The molecule has 2 bridgehead atoms. The third-order valence-corrected chi connectivity index (χ3v) is 7.15. The minimum Gasteiger partial charge on any atom is -0.335 e. The Bertz CT molecular complexity index is 1090. The third kappa shape index (κ3) is 3.74. The SMILES string of the molecule is N#Cc1ccccc1-c1ccc(=O)n2c1[C@@H]1C[C@@H](CN(C(=O)NC3CCCCC3)C1)C2. The van der Waals surface area contributed by atoms with E-state index in [1.54, 1.807) is 6.07 Å². The number of piperidine rings is 1. The van der Waals surface area contributed by atoms with E-state index < -0.39 is 0 Å². The molecule has 6 nitrogen and oxygen atoms in total. The number of carbonyl (C=O) groups is 1. The molecule has 0 radical (unpaired) electrons. The molecule has 1 N–H and O–H groups in total. The molecule has 2 aromatic rings. The Hall–Kier alpha value is -3.07. The summed E-state index contributed by atoms with van der Waals surface area (Å²) in [5.74, 6) is 0.378. The lowest BCUT2D eigenvalue weighted by Gasteiger charge is -2.44. The van der Waals surface area contributed by atoms with Crippen molar-refractivity contribution in [1.29, 1.82) is 5.26 Å². The molecule has 2 fully saturated rings. The van der Waals surface area contributed by atoms with Gasteiger partial charge in [0.2, 0.25) is 0 Å². The van der Waals surface area contributed by atoms with Crippen LogP contribution in [0.2, 0.25) is 0 Å². The average molecular weight is 417 g/mol. The number of aromatic nitrogens is 1. The molecule has 5 rings (SSSR count). The molecule has 3 heterocycles. The first-order chi connectivity index (χ1) is 15.1. The number of nitrogens with zero attached hydrogens (tertiary/aromatic N) is 3. The van der Waals surface area contributed by atoms with Gasteiger partial charge in [0.1, 0.15) is 0 Å². The van der Waals surface area contributed by atoms with Crippen LogP contribution in [0.1, 0.15) is 55.7 Å². The zero-order chi connectivity index (χ0) is 21.4. The highest BCUT2D eigenvalue weighted by Crippen LogP contribution is 2.40. The summed E-state index contributed by atoms with van der Waals surface area (Å²) in [7, 11) is 0. The summed E-state index contributed by atoms with van der Waals surface area (Å²) >= 11 is 0. The summed E-state index contributed by atoms with van der Waals surface area (Å²) in [6.45, 7) is 1.93. The number of fused-ring (bicyclic) bond motifs is 4. The quantitative estimate of drug-likeness (QED) is 0.808. The second kappa shape index (κ2) is 8.22. The Balaban J connectivity index is 1.47. The normalized spacial score (nSPS) is 23.0. The van der Waals surface area contributed by atoms with Crippen LogP contribution in [0.3, 0.4) is 0 Å². The highest BCUT2D eigenvalue weighted by atomic mass is 16.2. The molecule has 2 amide bonds. The number of likely N-dealkylation sites (tertiary alicyclic amines) is 1. The van der Waals surface area contributed by atoms with Gasteiger partial charge in [-0.05, 0) is 37.3 Å². The number of carbonyl (C=O) groups excluding carboxylic acids is 1. The number of urea groups is 1. The van der Waals surface area contributed by atoms with Gasteiger partial charge in [-0.2, -0.15) is 5.26 Å². The second-order valence-corrected chi connectivity index (χ2v) is 9.23. The Labute approximate surface area is 182 Å². The lowest BCUT2D eigenvalue weighted by molar-refractivity contribution is 0.127. The summed E-state index contributed by atoms with van der Waals surface area (Å²) in [5, 5.41) is 12.9. The molecular formula is C25H28N4O2. The molecule has 0 unspecified atom stereocenters.